The van der Waals surface area contributed by atoms with Crippen LogP contribution in [0, 0.1) is 0 Å². The molecule has 92 valence electrons. The van der Waals surface area contributed by atoms with Gasteiger partial charge in [-0.15, -0.1) is 0 Å². The molecule has 0 aliphatic carbocycles. The van der Waals surface area contributed by atoms with Gasteiger partial charge >= 0.3 is 0 Å². The summed E-state index contributed by atoms with van der Waals surface area (Å²) in [5.41, 5.74) is 3.73. The molecule has 2 rings (SSSR count). The van der Waals surface area contributed by atoms with Gasteiger partial charge in [0.15, 0.2) is 0 Å². The van der Waals surface area contributed by atoms with Gasteiger partial charge in [0.25, 0.3) is 0 Å². The second kappa shape index (κ2) is 5.78. The number of benzene rings is 1. The van der Waals surface area contributed by atoms with Crippen LogP contribution in [0.15, 0.2) is 36.5 Å². The number of carbonyl (C=O) groups is 1. The van der Waals surface area contributed by atoms with Crippen molar-refractivity contribution >= 4 is 17.9 Å². The van der Waals surface area contributed by atoms with Crippen LogP contribution in [0.1, 0.15) is 34.1 Å². The van der Waals surface area contributed by atoms with Crippen molar-refractivity contribution in [3.8, 4) is 0 Å². The van der Waals surface area contributed by atoms with Crippen molar-refractivity contribution in [3.63, 3.8) is 0 Å². The lowest BCUT2D eigenvalue weighted by atomic mass is 10.0. The maximum Gasteiger partial charge on any atom is 0.150 e. The van der Waals surface area contributed by atoms with E-state index < -0.39 is 0 Å². The minimum absolute atomic E-state index is 0.624. The fourth-order valence-corrected chi connectivity index (χ4v) is 2.00. The Morgan fingerprint density at radius 3 is 2.72 bits per heavy atom. The zero-order chi connectivity index (χ0) is 13.0. The van der Waals surface area contributed by atoms with Crippen LogP contribution >= 0.6 is 11.6 Å². The summed E-state index contributed by atoms with van der Waals surface area (Å²) in [5.74, 6) is 0. The van der Waals surface area contributed by atoms with Gasteiger partial charge in [0.1, 0.15) is 6.29 Å². The smallest absolute Gasteiger partial charge is 0.150 e. The zero-order valence-corrected chi connectivity index (χ0v) is 10.9. The molecule has 0 atom stereocenters. The first-order chi connectivity index (χ1) is 8.72. The minimum atomic E-state index is 0.624. The third-order valence-electron chi connectivity index (χ3n) is 2.90. The molecule has 1 heterocycles. The van der Waals surface area contributed by atoms with Crippen molar-refractivity contribution in [2.24, 2.45) is 0 Å². The Bertz CT molecular complexity index is 549. The van der Waals surface area contributed by atoms with Gasteiger partial charge in [-0.3, -0.25) is 9.78 Å². The average molecular weight is 260 g/mol. The van der Waals surface area contributed by atoms with E-state index in [0.717, 1.165) is 24.0 Å². The van der Waals surface area contributed by atoms with E-state index in [1.54, 1.807) is 12.1 Å². The summed E-state index contributed by atoms with van der Waals surface area (Å²) in [6.45, 7) is 2.10. The second-order valence-electron chi connectivity index (χ2n) is 4.15. The highest BCUT2D eigenvalue weighted by molar-refractivity contribution is 6.30. The van der Waals surface area contributed by atoms with Gasteiger partial charge in [0.2, 0.25) is 0 Å². The van der Waals surface area contributed by atoms with E-state index in [0.29, 0.717) is 17.0 Å². The fourth-order valence-electron chi connectivity index (χ4n) is 1.81. The number of rotatable bonds is 4. The Hall–Kier alpha value is -1.67. The molecule has 1 aromatic carbocycles. The van der Waals surface area contributed by atoms with E-state index in [4.69, 9.17) is 11.6 Å². The largest absolute Gasteiger partial charge is 0.298 e. The van der Waals surface area contributed by atoms with E-state index >= 15 is 0 Å². The van der Waals surface area contributed by atoms with Crippen molar-refractivity contribution in [2.45, 2.75) is 19.8 Å². The van der Waals surface area contributed by atoms with Gasteiger partial charge in [-0.1, -0.05) is 24.6 Å². The predicted octanol–water partition coefficient (Wildman–Crippen LogP) is 3.70. The number of aldehydes is 1. The molecule has 0 spiro atoms. The first-order valence-corrected chi connectivity index (χ1v) is 6.28. The molecule has 18 heavy (non-hydrogen) atoms. The molecule has 0 saturated carbocycles. The molecule has 0 aliphatic heterocycles. The molecule has 0 radical (unpaired) electrons. The average Bonchev–Trinajstić information content (AvgIpc) is 2.40. The minimum Gasteiger partial charge on any atom is -0.298 e. The van der Waals surface area contributed by atoms with Crippen molar-refractivity contribution in [1.29, 1.82) is 0 Å². The Labute approximate surface area is 112 Å². The van der Waals surface area contributed by atoms with Crippen LogP contribution in [-0.2, 0) is 12.8 Å². The van der Waals surface area contributed by atoms with E-state index in [1.807, 2.05) is 18.3 Å². The number of pyridine rings is 1. The molecule has 0 unspecified atom stereocenters. The lowest BCUT2D eigenvalue weighted by Crippen LogP contribution is -1.97. The monoisotopic (exact) mass is 259 g/mol. The van der Waals surface area contributed by atoms with Gasteiger partial charge in [0.05, 0.1) is 0 Å². The molecular formula is C15H14ClNO. The number of nitrogens with zero attached hydrogens (tertiary/aromatic N) is 1. The van der Waals surface area contributed by atoms with Gasteiger partial charge in [0, 0.05) is 28.9 Å². The van der Waals surface area contributed by atoms with Crippen LogP contribution in [0.4, 0.5) is 0 Å². The Morgan fingerprint density at radius 2 is 2.11 bits per heavy atom. The Balaban J connectivity index is 2.27. The summed E-state index contributed by atoms with van der Waals surface area (Å²) in [7, 11) is 0. The van der Waals surface area contributed by atoms with Crippen LogP contribution < -0.4 is 0 Å². The highest BCUT2D eigenvalue weighted by atomic mass is 35.5. The third kappa shape index (κ3) is 2.96. The first-order valence-electron chi connectivity index (χ1n) is 5.90. The summed E-state index contributed by atoms with van der Waals surface area (Å²) in [6.07, 6.45) is 4.33. The number of carbonyl (C=O) groups excluding carboxylic acids is 1. The van der Waals surface area contributed by atoms with Gasteiger partial charge < -0.3 is 0 Å². The number of hydrogen-bond donors (Lipinski definition) is 0. The molecule has 0 aliphatic rings. The van der Waals surface area contributed by atoms with Gasteiger partial charge in [-0.25, -0.2) is 0 Å². The third-order valence-corrected chi connectivity index (χ3v) is 3.13. The van der Waals surface area contributed by atoms with E-state index in [-0.39, 0.29) is 0 Å². The topological polar surface area (TPSA) is 30.0 Å². The second-order valence-corrected chi connectivity index (χ2v) is 4.59. The van der Waals surface area contributed by atoms with E-state index in [1.165, 1.54) is 5.56 Å². The van der Waals surface area contributed by atoms with Gasteiger partial charge in [-0.05, 0) is 41.8 Å². The van der Waals surface area contributed by atoms with Crippen LogP contribution in [0.5, 0.6) is 0 Å². The molecule has 2 nitrogen and oxygen atoms in total. The molecule has 3 heteroatoms. The summed E-state index contributed by atoms with van der Waals surface area (Å²) in [4.78, 5) is 15.4. The standard InChI is InChI=1S/C15H14ClNO/c1-2-11-3-6-15(17-9-11)8-13-7-14(16)5-4-12(13)10-18/h3-7,9-10H,2,8H2,1H3. The molecular weight excluding hydrogens is 246 g/mol. The van der Waals surface area contributed by atoms with Crippen LogP contribution in [0.25, 0.3) is 0 Å². The molecule has 1 aromatic heterocycles. The van der Waals surface area contributed by atoms with Gasteiger partial charge in [-0.2, -0.15) is 0 Å². The Morgan fingerprint density at radius 1 is 1.28 bits per heavy atom. The molecule has 2 aromatic rings. The number of aromatic nitrogens is 1. The number of hydrogen-bond acceptors (Lipinski definition) is 2. The molecule has 0 amide bonds. The predicted molar refractivity (Wildman–Crippen MR) is 73.3 cm³/mol. The SMILES string of the molecule is CCc1ccc(Cc2cc(Cl)ccc2C=O)nc1. The van der Waals surface area contributed by atoms with Crippen LogP contribution in [-0.4, -0.2) is 11.3 Å². The zero-order valence-electron chi connectivity index (χ0n) is 10.2. The number of aryl methyl sites for hydroxylation is 1. The fraction of sp³-hybridized carbons (Fsp3) is 0.200. The van der Waals surface area contributed by atoms with Crippen molar-refractivity contribution in [1.82, 2.24) is 4.98 Å². The summed E-state index contributed by atoms with van der Waals surface area (Å²) >= 11 is 5.95. The summed E-state index contributed by atoms with van der Waals surface area (Å²) < 4.78 is 0. The first kappa shape index (κ1) is 12.8. The Kier molecular flexibility index (Phi) is 4.11. The highest BCUT2D eigenvalue weighted by Gasteiger charge is 2.05. The summed E-state index contributed by atoms with van der Waals surface area (Å²) in [5, 5.41) is 0.640. The van der Waals surface area contributed by atoms with Crippen molar-refractivity contribution in [3.05, 3.63) is 63.9 Å². The maximum atomic E-state index is 11.0. The van der Waals surface area contributed by atoms with Crippen LogP contribution in [0.2, 0.25) is 5.02 Å². The van der Waals surface area contributed by atoms with Crippen molar-refractivity contribution < 1.29 is 4.79 Å². The maximum absolute atomic E-state index is 11.0. The molecule has 0 saturated heterocycles. The van der Waals surface area contributed by atoms with Crippen LogP contribution in [0.3, 0.4) is 0 Å². The molecule has 0 N–H and O–H groups in total. The number of halogens is 1. The lowest BCUT2D eigenvalue weighted by molar-refractivity contribution is 0.112. The summed E-state index contributed by atoms with van der Waals surface area (Å²) in [6, 6.07) is 9.34. The van der Waals surface area contributed by atoms with E-state index in [9.17, 15) is 4.79 Å². The lowest BCUT2D eigenvalue weighted by Gasteiger charge is -2.06. The normalized spacial score (nSPS) is 10.3. The van der Waals surface area contributed by atoms with Crippen molar-refractivity contribution in [2.75, 3.05) is 0 Å². The quantitative estimate of drug-likeness (QED) is 0.784. The van der Waals surface area contributed by atoms with E-state index in [2.05, 4.69) is 18.0 Å². The molecule has 0 bridgehead atoms. The molecule has 0 fully saturated rings. The highest BCUT2D eigenvalue weighted by Crippen LogP contribution is 2.17.